The molecule has 0 radical (unpaired) electrons. The standard InChI is InChI=1S/C18H21NO4S/c1-13-9-10-16(19-18(20)14(2)24(3,21)22)17(11-13)23-12-15-7-5-4-6-8-15/h4-11,14H,12H2,1-3H3,(H,19,20)/t14-/m1/s1. The van der Waals surface area contributed by atoms with Crippen LogP contribution in [0.3, 0.4) is 0 Å². The Kier molecular flexibility index (Phi) is 5.62. The van der Waals surface area contributed by atoms with Crippen LogP contribution in [0.4, 0.5) is 5.69 Å². The summed E-state index contributed by atoms with van der Waals surface area (Å²) in [5, 5.41) is 1.51. The molecule has 1 atom stereocenters. The molecule has 128 valence electrons. The average Bonchev–Trinajstić information content (AvgIpc) is 2.54. The summed E-state index contributed by atoms with van der Waals surface area (Å²) in [6, 6.07) is 15.0. The SMILES string of the molecule is Cc1ccc(NC(=O)[C@@H](C)S(C)(=O)=O)c(OCc2ccccc2)c1. The lowest BCUT2D eigenvalue weighted by molar-refractivity contribution is -0.115. The Balaban J connectivity index is 2.17. The Morgan fingerprint density at radius 1 is 1.17 bits per heavy atom. The minimum absolute atomic E-state index is 0.356. The van der Waals surface area contributed by atoms with Crippen LogP contribution in [-0.2, 0) is 21.2 Å². The van der Waals surface area contributed by atoms with Crippen LogP contribution in [0.1, 0.15) is 18.1 Å². The van der Waals surface area contributed by atoms with E-state index in [1.165, 1.54) is 6.92 Å². The van der Waals surface area contributed by atoms with E-state index in [0.29, 0.717) is 18.0 Å². The fourth-order valence-electron chi connectivity index (χ4n) is 2.02. The largest absolute Gasteiger partial charge is 0.487 e. The Bertz CT molecular complexity index is 816. The molecule has 2 aromatic rings. The molecule has 0 unspecified atom stereocenters. The van der Waals surface area contributed by atoms with Crippen molar-refractivity contribution in [1.29, 1.82) is 0 Å². The number of carbonyl (C=O) groups excluding carboxylic acids is 1. The fourth-order valence-corrected chi connectivity index (χ4v) is 2.46. The number of ether oxygens (including phenoxy) is 1. The number of carbonyl (C=O) groups is 1. The lowest BCUT2D eigenvalue weighted by atomic mass is 10.2. The van der Waals surface area contributed by atoms with Gasteiger partial charge in [0.1, 0.15) is 17.6 Å². The molecule has 0 heterocycles. The van der Waals surface area contributed by atoms with Crippen LogP contribution in [-0.4, -0.2) is 25.8 Å². The Morgan fingerprint density at radius 3 is 2.46 bits per heavy atom. The number of hydrogen-bond acceptors (Lipinski definition) is 4. The van der Waals surface area contributed by atoms with Crippen LogP contribution >= 0.6 is 0 Å². The highest BCUT2D eigenvalue weighted by Crippen LogP contribution is 2.27. The number of rotatable bonds is 6. The highest BCUT2D eigenvalue weighted by Gasteiger charge is 2.24. The molecule has 0 aliphatic heterocycles. The maximum Gasteiger partial charge on any atom is 0.242 e. The number of nitrogens with one attached hydrogen (secondary N) is 1. The molecule has 5 nitrogen and oxygen atoms in total. The second-order valence-corrected chi connectivity index (χ2v) is 8.10. The molecule has 0 saturated heterocycles. The van der Waals surface area contributed by atoms with Crippen LogP contribution in [0.15, 0.2) is 48.5 Å². The van der Waals surface area contributed by atoms with Crippen LogP contribution in [0.25, 0.3) is 0 Å². The van der Waals surface area contributed by atoms with Crippen molar-refractivity contribution in [3.05, 3.63) is 59.7 Å². The maximum atomic E-state index is 12.1. The van der Waals surface area contributed by atoms with E-state index in [4.69, 9.17) is 4.74 Å². The minimum Gasteiger partial charge on any atom is -0.487 e. The van der Waals surface area contributed by atoms with E-state index in [0.717, 1.165) is 17.4 Å². The Morgan fingerprint density at radius 2 is 1.83 bits per heavy atom. The van der Waals surface area contributed by atoms with Crippen LogP contribution in [0.2, 0.25) is 0 Å². The van der Waals surface area contributed by atoms with Gasteiger partial charge in [-0.25, -0.2) is 8.42 Å². The number of amides is 1. The Labute approximate surface area is 142 Å². The van der Waals surface area contributed by atoms with Gasteiger partial charge >= 0.3 is 0 Å². The number of sulfone groups is 1. The van der Waals surface area contributed by atoms with Gasteiger partial charge in [0.05, 0.1) is 5.69 Å². The number of aryl methyl sites for hydroxylation is 1. The van der Waals surface area contributed by atoms with Crippen molar-refractivity contribution < 1.29 is 17.9 Å². The third-order valence-electron chi connectivity index (χ3n) is 3.64. The monoisotopic (exact) mass is 347 g/mol. The van der Waals surface area contributed by atoms with E-state index in [1.807, 2.05) is 49.4 Å². The molecule has 24 heavy (non-hydrogen) atoms. The summed E-state index contributed by atoms with van der Waals surface area (Å²) in [4.78, 5) is 12.1. The summed E-state index contributed by atoms with van der Waals surface area (Å²) in [5.41, 5.74) is 2.44. The lowest BCUT2D eigenvalue weighted by Gasteiger charge is -2.15. The van der Waals surface area contributed by atoms with Gasteiger partial charge in [-0.05, 0) is 37.1 Å². The predicted molar refractivity (Wildman–Crippen MR) is 94.9 cm³/mol. The number of anilines is 1. The highest BCUT2D eigenvalue weighted by atomic mass is 32.2. The molecule has 1 amide bonds. The van der Waals surface area contributed by atoms with Crippen molar-refractivity contribution >= 4 is 21.4 Å². The van der Waals surface area contributed by atoms with Gasteiger partial charge in [-0.15, -0.1) is 0 Å². The molecule has 6 heteroatoms. The van der Waals surface area contributed by atoms with E-state index in [-0.39, 0.29) is 0 Å². The lowest BCUT2D eigenvalue weighted by Crippen LogP contribution is -2.31. The maximum absolute atomic E-state index is 12.1. The van der Waals surface area contributed by atoms with Crippen molar-refractivity contribution in [1.82, 2.24) is 0 Å². The van der Waals surface area contributed by atoms with Gasteiger partial charge in [0.15, 0.2) is 9.84 Å². The van der Waals surface area contributed by atoms with Crippen LogP contribution in [0, 0.1) is 6.92 Å². The number of hydrogen-bond donors (Lipinski definition) is 1. The second kappa shape index (κ2) is 7.49. The molecule has 2 rings (SSSR count). The molecule has 0 saturated carbocycles. The third kappa shape index (κ3) is 4.83. The van der Waals surface area contributed by atoms with Crippen molar-refractivity contribution in [2.24, 2.45) is 0 Å². The summed E-state index contributed by atoms with van der Waals surface area (Å²) in [6.45, 7) is 3.64. The summed E-state index contributed by atoms with van der Waals surface area (Å²) in [5.74, 6) is -0.0705. The van der Waals surface area contributed by atoms with Gasteiger partial charge in [0, 0.05) is 6.26 Å². The van der Waals surface area contributed by atoms with Gasteiger partial charge < -0.3 is 10.1 Å². The van der Waals surface area contributed by atoms with E-state index in [1.54, 1.807) is 6.07 Å². The van der Waals surface area contributed by atoms with Gasteiger partial charge in [0.25, 0.3) is 0 Å². The second-order valence-electron chi connectivity index (χ2n) is 5.73. The van der Waals surface area contributed by atoms with E-state index >= 15 is 0 Å². The molecule has 0 fully saturated rings. The number of benzene rings is 2. The van der Waals surface area contributed by atoms with Crippen molar-refractivity contribution in [3.63, 3.8) is 0 Å². The normalized spacial score (nSPS) is 12.5. The molecular formula is C18H21NO4S. The molecule has 0 aliphatic rings. The predicted octanol–water partition coefficient (Wildman–Crippen LogP) is 2.95. The zero-order valence-electron chi connectivity index (χ0n) is 13.9. The summed E-state index contributed by atoms with van der Waals surface area (Å²) >= 11 is 0. The van der Waals surface area contributed by atoms with Crippen molar-refractivity contribution in [2.45, 2.75) is 25.7 Å². The molecule has 0 spiro atoms. The van der Waals surface area contributed by atoms with E-state index < -0.39 is 21.0 Å². The van der Waals surface area contributed by atoms with E-state index in [9.17, 15) is 13.2 Å². The molecule has 0 aliphatic carbocycles. The van der Waals surface area contributed by atoms with Crippen LogP contribution in [0.5, 0.6) is 5.75 Å². The molecular weight excluding hydrogens is 326 g/mol. The zero-order chi connectivity index (χ0) is 17.7. The smallest absolute Gasteiger partial charge is 0.242 e. The third-order valence-corrected chi connectivity index (χ3v) is 5.14. The molecule has 1 N–H and O–H groups in total. The fraction of sp³-hybridized carbons (Fsp3) is 0.278. The topological polar surface area (TPSA) is 72.5 Å². The highest BCUT2D eigenvalue weighted by molar-refractivity contribution is 7.92. The molecule has 2 aromatic carbocycles. The van der Waals surface area contributed by atoms with Gasteiger partial charge in [-0.3, -0.25) is 4.79 Å². The van der Waals surface area contributed by atoms with Gasteiger partial charge in [-0.1, -0.05) is 36.4 Å². The van der Waals surface area contributed by atoms with Crippen molar-refractivity contribution in [2.75, 3.05) is 11.6 Å². The Hall–Kier alpha value is -2.34. The first-order chi connectivity index (χ1) is 11.3. The minimum atomic E-state index is -3.45. The van der Waals surface area contributed by atoms with Gasteiger partial charge in [-0.2, -0.15) is 0 Å². The van der Waals surface area contributed by atoms with E-state index in [2.05, 4.69) is 5.32 Å². The first-order valence-corrected chi connectivity index (χ1v) is 9.50. The quantitative estimate of drug-likeness (QED) is 0.872. The molecule has 0 aromatic heterocycles. The van der Waals surface area contributed by atoms with Gasteiger partial charge in [0.2, 0.25) is 5.91 Å². The summed E-state index contributed by atoms with van der Waals surface area (Å²) in [7, 11) is -3.45. The summed E-state index contributed by atoms with van der Waals surface area (Å²) in [6.07, 6.45) is 1.04. The van der Waals surface area contributed by atoms with Crippen LogP contribution < -0.4 is 10.1 Å². The van der Waals surface area contributed by atoms with Crippen molar-refractivity contribution in [3.8, 4) is 5.75 Å². The molecule has 0 bridgehead atoms. The first-order valence-electron chi connectivity index (χ1n) is 7.54. The first kappa shape index (κ1) is 18.0. The summed E-state index contributed by atoms with van der Waals surface area (Å²) < 4.78 is 28.8. The average molecular weight is 347 g/mol. The zero-order valence-corrected chi connectivity index (χ0v) is 14.8.